The summed E-state index contributed by atoms with van der Waals surface area (Å²) in [6, 6.07) is 8.74. The van der Waals surface area contributed by atoms with E-state index in [1.165, 1.54) is 9.71 Å². The van der Waals surface area contributed by atoms with Crippen molar-refractivity contribution in [2.24, 2.45) is 7.05 Å². The number of hydrogen-bond acceptors (Lipinski definition) is 6. The summed E-state index contributed by atoms with van der Waals surface area (Å²) in [7, 11) is 1.93. The van der Waals surface area contributed by atoms with E-state index in [-0.39, 0.29) is 0 Å². The summed E-state index contributed by atoms with van der Waals surface area (Å²) in [4.78, 5) is 9.75. The average molecular weight is 375 g/mol. The fourth-order valence-electron chi connectivity index (χ4n) is 3.22. The molecule has 1 atom stereocenters. The topological polar surface area (TPSA) is 42.1 Å². The number of benzene rings is 1. The summed E-state index contributed by atoms with van der Waals surface area (Å²) >= 11 is 7.18. The molecule has 1 fully saturated rings. The van der Waals surface area contributed by atoms with Crippen LogP contribution in [-0.2, 0) is 13.7 Å². The number of fused-ring (bicyclic) bond motifs is 1. The molecule has 1 saturated heterocycles. The first-order chi connectivity index (χ1) is 12.1. The van der Waals surface area contributed by atoms with Gasteiger partial charge in [-0.1, -0.05) is 12.1 Å². The molecule has 1 aliphatic rings. The molecule has 0 aliphatic carbocycles. The molecule has 8 heteroatoms. The lowest BCUT2D eigenvalue weighted by Crippen LogP contribution is -2.47. The monoisotopic (exact) mass is 374 g/mol. The van der Waals surface area contributed by atoms with Gasteiger partial charge in [0, 0.05) is 33.2 Å². The van der Waals surface area contributed by atoms with E-state index in [0.717, 1.165) is 43.1 Å². The lowest BCUT2D eigenvalue weighted by atomic mass is 10.2. The molecule has 25 heavy (non-hydrogen) atoms. The molecule has 6 nitrogen and oxygen atoms in total. The van der Waals surface area contributed by atoms with Crippen LogP contribution in [0.2, 0.25) is 0 Å². The Morgan fingerprint density at radius 1 is 1.20 bits per heavy atom. The summed E-state index contributed by atoms with van der Waals surface area (Å²) in [5.41, 5.74) is 1.11. The highest BCUT2D eigenvalue weighted by molar-refractivity contribution is 7.71. The zero-order valence-corrected chi connectivity index (χ0v) is 16.1. The quantitative estimate of drug-likeness (QED) is 0.657. The SMILES string of the molecule is C[C@H](c1nc2ccccc2s1)N1CCN(Cn2ncn(C)c2=S)CC1. The third kappa shape index (κ3) is 3.39. The minimum Gasteiger partial charge on any atom is -0.310 e. The van der Waals surface area contributed by atoms with Gasteiger partial charge in [0.1, 0.15) is 11.3 Å². The second-order valence-electron chi connectivity index (χ2n) is 6.52. The normalized spacial score (nSPS) is 18.0. The molecular weight excluding hydrogens is 352 g/mol. The molecule has 132 valence electrons. The van der Waals surface area contributed by atoms with Gasteiger partial charge < -0.3 is 4.57 Å². The lowest BCUT2D eigenvalue weighted by molar-refractivity contribution is 0.0788. The van der Waals surface area contributed by atoms with E-state index in [9.17, 15) is 0 Å². The molecule has 0 saturated carbocycles. The first-order valence-corrected chi connectivity index (χ1v) is 9.74. The number of aryl methyl sites for hydroxylation is 1. The van der Waals surface area contributed by atoms with Gasteiger partial charge >= 0.3 is 0 Å². The number of hydrogen-bond donors (Lipinski definition) is 0. The van der Waals surface area contributed by atoms with Crippen molar-refractivity contribution in [2.75, 3.05) is 26.2 Å². The van der Waals surface area contributed by atoms with Crippen molar-refractivity contribution < 1.29 is 0 Å². The van der Waals surface area contributed by atoms with E-state index >= 15 is 0 Å². The minimum atomic E-state index is 0.358. The molecule has 0 bridgehead atoms. The molecule has 3 heterocycles. The molecule has 0 radical (unpaired) electrons. The average Bonchev–Trinajstić information content (AvgIpc) is 3.20. The second kappa shape index (κ2) is 6.95. The summed E-state index contributed by atoms with van der Waals surface area (Å²) in [5.74, 6) is 0. The van der Waals surface area contributed by atoms with Crippen LogP contribution in [0.25, 0.3) is 10.2 Å². The Kier molecular flexibility index (Phi) is 4.68. The van der Waals surface area contributed by atoms with Gasteiger partial charge in [0.2, 0.25) is 0 Å². The number of thiazole rings is 1. The number of aromatic nitrogens is 4. The van der Waals surface area contributed by atoms with Gasteiger partial charge in [-0.3, -0.25) is 9.80 Å². The summed E-state index contributed by atoms with van der Waals surface area (Å²) < 4.78 is 5.81. The molecule has 0 amide bonds. The van der Waals surface area contributed by atoms with Gasteiger partial charge in [-0.05, 0) is 31.3 Å². The van der Waals surface area contributed by atoms with Gasteiger partial charge in [-0.2, -0.15) is 5.10 Å². The summed E-state index contributed by atoms with van der Waals surface area (Å²) in [6.07, 6.45) is 1.77. The minimum absolute atomic E-state index is 0.358. The molecule has 2 aromatic heterocycles. The Hall–Kier alpha value is -1.61. The summed E-state index contributed by atoms with van der Waals surface area (Å²) in [6.45, 7) is 7.15. The van der Waals surface area contributed by atoms with Crippen molar-refractivity contribution in [3.05, 3.63) is 40.4 Å². The Labute approximate surface area is 156 Å². The maximum atomic E-state index is 5.37. The van der Waals surface area contributed by atoms with Crippen molar-refractivity contribution in [2.45, 2.75) is 19.6 Å². The van der Waals surface area contributed by atoms with E-state index in [0.29, 0.717) is 6.04 Å². The molecule has 1 aliphatic heterocycles. The van der Waals surface area contributed by atoms with Gasteiger partial charge in [0.05, 0.1) is 22.9 Å². The van der Waals surface area contributed by atoms with Crippen LogP contribution in [0, 0.1) is 4.77 Å². The summed E-state index contributed by atoms with van der Waals surface area (Å²) in [5, 5.41) is 5.56. The maximum Gasteiger partial charge on any atom is 0.198 e. The first-order valence-electron chi connectivity index (χ1n) is 8.52. The first kappa shape index (κ1) is 16.8. The van der Waals surface area contributed by atoms with E-state index in [2.05, 4.69) is 46.1 Å². The van der Waals surface area contributed by atoms with Crippen LogP contribution in [0.3, 0.4) is 0 Å². The molecular formula is C17H22N6S2. The van der Waals surface area contributed by atoms with Gasteiger partial charge in [-0.15, -0.1) is 11.3 Å². The molecule has 1 aromatic carbocycles. The van der Waals surface area contributed by atoms with Crippen molar-refractivity contribution in [3.63, 3.8) is 0 Å². The fourth-order valence-corrected chi connectivity index (χ4v) is 4.43. The lowest BCUT2D eigenvalue weighted by Gasteiger charge is -2.37. The van der Waals surface area contributed by atoms with E-state index in [1.54, 1.807) is 6.33 Å². The highest BCUT2D eigenvalue weighted by Crippen LogP contribution is 2.29. The van der Waals surface area contributed by atoms with Crippen LogP contribution in [0.5, 0.6) is 0 Å². The predicted molar refractivity (Wildman–Crippen MR) is 103 cm³/mol. The van der Waals surface area contributed by atoms with Crippen LogP contribution in [0.1, 0.15) is 18.0 Å². The molecule has 0 spiro atoms. The van der Waals surface area contributed by atoms with Gasteiger partial charge in [0.15, 0.2) is 4.77 Å². The van der Waals surface area contributed by atoms with Crippen LogP contribution in [0.4, 0.5) is 0 Å². The van der Waals surface area contributed by atoms with Crippen LogP contribution in [-0.4, -0.2) is 55.3 Å². The second-order valence-corrected chi connectivity index (χ2v) is 7.94. The Morgan fingerprint density at radius 3 is 2.64 bits per heavy atom. The van der Waals surface area contributed by atoms with Crippen molar-refractivity contribution in [3.8, 4) is 0 Å². The highest BCUT2D eigenvalue weighted by atomic mass is 32.1. The molecule has 3 aromatic rings. The third-order valence-electron chi connectivity index (χ3n) is 4.84. The van der Waals surface area contributed by atoms with E-state index in [1.807, 2.05) is 27.6 Å². The van der Waals surface area contributed by atoms with Crippen molar-refractivity contribution in [1.29, 1.82) is 0 Å². The Morgan fingerprint density at radius 2 is 1.96 bits per heavy atom. The van der Waals surface area contributed by atoms with Crippen molar-refractivity contribution in [1.82, 2.24) is 29.1 Å². The number of rotatable bonds is 4. The number of para-hydroxylation sites is 1. The predicted octanol–water partition coefficient (Wildman–Crippen LogP) is 2.90. The van der Waals surface area contributed by atoms with Gasteiger partial charge in [-0.25, -0.2) is 9.67 Å². The number of nitrogens with zero attached hydrogens (tertiary/aromatic N) is 6. The van der Waals surface area contributed by atoms with Crippen LogP contribution < -0.4 is 0 Å². The largest absolute Gasteiger partial charge is 0.310 e. The zero-order valence-electron chi connectivity index (χ0n) is 14.5. The van der Waals surface area contributed by atoms with Crippen LogP contribution >= 0.6 is 23.6 Å². The maximum absolute atomic E-state index is 5.37. The fraction of sp³-hybridized carbons (Fsp3) is 0.471. The highest BCUT2D eigenvalue weighted by Gasteiger charge is 2.24. The third-order valence-corrected chi connectivity index (χ3v) is 6.55. The van der Waals surface area contributed by atoms with E-state index < -0.39 is 0 Å². The number of piperazine rings is 1. The molecule has 0 unspecified atom stereocenters. The smallest absolute Gasteiger partial charge is 0.198 e. The Balaban J connectivity index is 1.39. The van der Waals surface area contributed by atoms with Crippen molar-refractivity contribution >= 4 is 33.8 Å². The molecule has 0 N–H and O–H groups in total. The molecule has 4 rings (SSSR count). The Bertz CT molecular complexity index is 886. The van der Waals surface area contributed by atoms with Crippen LogP contribution in [0.15, 0.2) is 30.6 Å². The van der Waals surface area contributed by atoms with E-state index in [4.69, 9.17) is 17.2 Å². The van der Waals surface area contributed by atoms with Gasteiger partial charge in [0.25, 0.3) is 0 Å². The standard InChI is InChI=1S/C17H22N6S2/c1-13(16-19-14-5-3-4-6-15(14)25-16)22-9-7-21(8-10-22)12-23-17(24)20(2)11-18-23/h3-6,11,13H,7-10,12H2,1-2H3/t13-/m1/s1. The zero-order chi connectivity index (χ0) is 17.4.